The minimum absolute atomic E-state index is 0.0380. The van der Waals surface area contributed by atoms with E-state index in [1.807, 2.05) is 68.4 Å². The van der Waals surface area contributed by atoms with Crippen LogP contribution in [0.25, 0.3) is 0 Å². The van der Waals surface area contributed by atoms with Gasteiger partial charge in [0.25, 0.3) is 0 Å². The van der Waals surface area contributed by atoms with Crippen LogP contribution in [0.1, 0.15) is 43.7 Å². The smallest absolute Gasteiger partial charge is 0.340 e. The lowest BCUT2D eigenvalue weighted by Gasteiger charge is -2.38. The molecule has 0 fully saturated rings. The Morgan fingerprint density at radius 1 is 1.09 bits per heavy atom. The lowest BCUT2D eigenvalue weighted by atomic mass is 9.70. The standard InChI is InChI=1S/C26H27NO5/c1-26(2)13-18(28)22-20(14-26)32-24(27)23(25(29)30-3)21(22)17-11-7-8-12-19(17)31-15-16-9-5-4-6-10-16/h4-12,21H,13-15,27H2,1-3H3/t21-/m1/s1. The van der Waals surface area contributed by atoms with Gasteiger partial charge in [0, 0.05) is 24.0 Å². The van der Waals surface area contributed by atoms with Gasteiger partial charge in [0.2, 0.25) is 5.88 Å². The first-order chi connectivity index (χ1) is 15.3. The summed E-state index contributed by atoms with van der Waals surface area (Å²) in [6, 6.07) is 17.2. The second-order valence-corrected chi connectivity index (χ2v) is 8.89. The highest BCUT2D eigenvalue weighted by molar-refractivity contribution is 6.03. The maximum Gasteiger partial charge on any atom is 0.340 e. The molecule has 1 aliphatic carbocycles. The second-order valence-electron chi connectivity index (χ2n) is 8.89. The van der Waals surface area contributed by atoms with Crippen molar-refractivity contribution in [2.75, 3.05) is 7.11 Å². The molecule has 4 rings (SSSR count). The summed E-state index contributed by atoms with van der Waals surface area (Å²) >= 11 is 0. The fourth-order valence-corrected chi connectivity index (χ4v) is 4.39. The Kier molecular flexibility index (Phi) is 5.78. The molecule has 6 heteroatoms. The third-order valence-electron chi connectivity index (χ3n) is 5.83. The van der Waals surface area contributed by atoms with Gasteiger partial charge in [-0.2, -0.15) is 0 Å². The molecule has 166 valence electrons. The molecule has 1 atom stereocenters. The predicted octanol–water partition coefficient (Wildman–Crippen LogP) is 4.37. The zero-order valence-corrected chi connectivity index (χ0v) is 18.5. The molecule has 2 aromatic carbocycles. The number of ether oxygens (including phenoxy) is 3. The number of hydrogen-bond donors (Lipinski definition) is 1. The van der Waals surface area contributed by atoms with Gasteiger partial charge in [-0.15, -0.1) is 0 Å². The average molecular weight is 434 g/mol. The number of carbonyl (C=O) groups excluding carboxylic acids is 2. The summed E-state index contributed by atoms with van der Waals surface area (Å²) in [5, 5.41) is 0. The van der Waals surface area contributed by atoms with E-state index in [0.29, 0.717) is 42.1 Å². The van der Waals surface area contributed by atoms with Crippen molar-refractivity contribution in [3.05, 3.63) is 88.5 Å². The van der Waals surface area contributed by atoms with E-state index in [1.54, 1.807) is 0 Å². The molecule has 6 nitrogen and oxygen atoms in total. The summed E-state index contributed by atoms with van der Waals surface area (Å²) < 4.78 is 17.0. The van der Waals surface area contributed by atoms with Crippen LogP contribution >= 0.6 is 0 Å². The van der Waals surface area contributed by atoms with E-state index in [1.165, 1.54) is 7.11 Å². The lowest BCUT2D eigenvalue weighted by Crippen LogP contribution is -2.35. The molecule has 2 aromatic rings. The van der Waals surface area contributed by atoms with Crippen molar-refractivity contribution in [3.63, 3.8) is 0 Å². The summed E-state index contributed by atoms with van der Waals surface area (Å²) in [6.07, 6.45) is 0.903. The van der Waals surface area contributed by atoms with Crippen LogP contribution in [-0.4, -0.2) is 18.9 Å². The third kappa shape index (κ3) is 4.13. The van der Waals surface area contributed by atoms with Crippen LogP contribution in [0.3, 0.4) is 0 Å². The third-order valence-corrected chi connectivity index (χ3v) is 5.83. The topological polar surface area (TPSA) is 87.9 Å². The maximum absolute atomic E-state index is 13.3. The van der Waals surface area contributed by atoms with E-state index in [0.717, 1.165) is 5.56 Å². The number of esters is 1. The monoisotopic (exact) mass is 433 g/mol. The molecule has 0 aromatic heterocycles. The number of hydrogen-bond acceptors (Lipinski definition) is 6. The largest absolute Gasteiger partial charge is 0.489 e. The quantitative estimate of drug-likeness (QED) is 0.705. The molecule has 2 aliphatic rings. The predicted molar refractivity (Wildman–Crippen MR) is 119 cm³/mol. The van der Waals surface area contributed by atoms with Gasteiger partial charge in [-0.3, -0.25) is 4.79 Å². The van der Waals surface area contributed by atoms with E-state index in [9.17, 15) is 9.59 Å². The first kappa shape index (κ1) is 21.7. The molecular weight excluding hydrogens is 406 g/mol. The maximum atomic E-state index is 13.3. The Morgan fingerprint density at radius 2 is 1.78 bits per heavy atom. The number of rotatable bonds is 5. The van der Waals surface area contributed by atoms with E-state index in [4.69, 9.17) is 19.9 Å². The lowest BCUT2D eigenvalue weighted by molar-refractivity contribution is -0.136. The van der Waals surface area contributed by atoms with Gasteiger partial charge in [0.05, 0.1) is 13.0 Å². The normalized spacial score (nSPS) is 19.8. The number of Topliss-reactive ketones (excluding diaryl/α,β-unsaturated/α-hetero) is 1. The molecule has 0 saturated heterocycles. The van der Waals surface area contributed by atoms with Crippen LogP contribution in [-0.2, 0) is 25.7 Å². The summed E-state index contributed by atoms with van der Waals surface area (Å²) in [5.41, 5.74) is 8.21. The van der Waals surface area contributed by atoms with E-state index in [2.05, 4.69) is 0 Å². The van der Waals surface area contributed by atoms with Crippen molar-refractivity contribution >= 4 is 11.8 Å². The second kappa shape index (κ2) is 8.54. The van der Waals surface area contributed by atoms with E-state index >= 15 is 0 Å². The van der Waals surface area contributed by atoms with Gasteiger partial charge >= 0.3 is 5.97 Å². The van der Waals surface area contributed by atoms with Gasteiger partial charge in [0.15, 0.2) is 5.78 Å². The number of para-hydroxylation sites is 1. The van der Waals surface area contributed by atoms with Gasteiger partial charge in [0.1, 0.15) is 23.7 Å². The number of ketones is 1. The van der Waals surface area contributed by atoms with Crippen molar-refractivity contribution in [1.82, 2.24) is 0 Å². The van der Waals surface area contributed by atoms with Crippen LogP contribution in [0.5, 0.6) is 5.75 Å². The molecule has 0 amide bonds. The summed E-state index contributed by atoms with van der Waals surface area (Å²) in [7, 11) is 1.28. The van der Waals surface area contributed by atoms with Crippen LogP contribution < -0.4 is 10.5 Å². The van der Waals surface area contributed by atoms with Crippen LogP contribution in [0.4, 0.5) is 0 Å². The van der Waals surface area contributed by atoms with Crippen molar-refractivity contribution in [3.8, 4) is 5.75 Å². The van der Waals surface area contributed by atoms with Gasteiger partial charge in [-0.25, -0.2) is 4.79 Å². The fourth-order valence-electron chi connectivity index (χ4n) is 4.39. The molecule has 2 N–H and O–H groups in total. The molecule has 32 heavy (non-hydrogen) atoms. The van der Waals surface area contributed by atoms with Gasteiger partial charge in [-0.05, 0) is 17.0 Å². The summed E-state index contributed by atoms with van der Waals surface area (Å²) in [6.45, 7) is 4.38. The molecule has 1 heterocycles. The first-order valence-corrected chi connectivity index (χ1v) is 10.6. The van der Waals surface area contributed by atoms with Gasteiger partial charge in [-0.1, -0.05) is 62.4 Å². The van der Waals surface area contributed by atoms with Crippen molar-refractivity contribution in [1.29, 1.82) is 0 Å². The SMILES string of the molecule is COC(=O)C1=C(N)OC2=C(C(=O)CC(C)(C)C2)[C@H]1c1ccccc1OCc1ccccc1. The Balaban J connectivity index is 1.81. The van der Waals surface area contributed by atoms with Crippen LogP contribution in [0.2, 0.25) is 0 Å². The molecule has 0 spiro atoms. The van der Waals surface area contributed by atoms with Crippen molar-refractivity contribution < 1.29 is 23.8 Å². The number of nitrogens with two attached hydrogens (primary N) is 1. The summed E-state index contributed by atoms with van der Waals surface area (Å²) in [5.74, 6) is -0.366. The Hall–Kier alpha value is -3.54. The highest BCUT2D eigenvalue weighted by Gasteiger charge is 2.45. The zero-order chi connectivity index (χ0) is 22.9. The van der Waals surface area contributed by atoms with Crippen molar-refractivity contribution in [2.45, 2.75) is 39.2 Å². The molecule has 0 saturated carbocycles. The molecular formula is C26H27NO5. The Labute approximate surface area is 187 Å². The molecule has 1 aliphatic heterocycles. The molecule has 0 radical (unpaired) electrons. The van der Waals surface area contributed by atoms with E-state index in [-0.39, 0.29) is 22.7 Å². The zero-order valence-electron chi connectivity index (χ0n) is 18.5. The summed E-state index contributed by atoms with van der Waals surface area (Å²) in [4.78, 5) is 26.0. The highest BCUT2D eigenvalue weighted by Crippen LogP contribution is 2.49. The fraction of sp³-hybridized carbons (Fsp3) is 0.308. The van der Waals surface area contributed by atoms with Crippen molar-refractivity contribution in [2.24, 2.45) is 11.1 Å². The number of allylic oxidation sites excluding steroid dienone is 2. The first-order valence-electron chi connectivity index (χ1n) is 10.6. The number of benzene rings is 2. The number of methoxy groups -OCH3 is 1. The highest BCUT2D eigenvalue weighted by atomic mass is 16.5. The average Bonchev–Trinajstić information content (AvgIpc) is 2.76. The van der Waals surface area contributed by atoms with E-state index < -0.39 is 11.9 Å². The molecule has 0 bridgehead atoms. The van der Waals surface area contributed by atoms with Crippen LogP contribution in [0, 0.1) is 5.41 Å². The Bertz CT molecular complexity index is 1110. The molecule has 0 unspecified atom stereocenters. The minimum atomic E-state index is -0.721. The minimum Gasteiger partial charge on any atom is -0.489 e. The Morgan fingerprint density at radius 3 is 2.50 bits per heavy atom. The number of carbonyl (C=O) groups is 2. The van der Waals surface area contributed by atoms with Crippen LogP contribution in [0.15, 0.2) is 77.4 Å². The van der Waals surface area contributed by atoms with Gasteiger partial charge < -0.3 is 19.9 Å².